The summed E-state index contributed by atoms with van der Waals surface area (Å²) in [5.41, 5.74) is 1.76. The highest BCUT2D eigenvalue weighted by atomic mass is 32.2. The summed E-state index contributed by atoms with van der Waals surface area (Å²) < 4.78 is 26.9. The number of sulfonamides is 1. The third-order valence-corrected chi connectivity index (χ3v) is 6.33. The van der Waals surface area contributed by atoms with Gasteiger partial charge in [-0.15, -0.1) is 11.3 Å². The SMILES string of the molecule is CNC(=O)c1cc(S(=O)(=O)N2CCc3ccccc32)cs1. The van der Waals surface area contributed by atoms with Crippen molar-refractivity contribution < 1.29 is 13.2 Å². The zero-order valence-electron chi connectivity index (χ0n) is 11.4. The number of hydrogen-bond acceptors (Lipinski definition) is 4. The van der Waals surface area contributed by atoms with Crippen LogP contribution in [-0.4, -0.2) is 27.9 Å². The molecular weight excluding hydrogens is 308 g/mol. The first-order valence-electron chi connectivity index (χ1n) is 6.45. The van der Waals surface area contributed by atoms with Crippen LogP contribution in [0.25, 0.3) is 0 Å². The minimum absolute atomic E-state index is 0.169. The van der Waals surface area contributed by atoms with Crippen molar-refractivity contribution in [3.63, 3.8) is 0 Å². The minimum Gasteiger partial charge on any atom is -0.354 e. The van der Waals surface area contributed by atoms with Gasteiger partial charge in [-0.25, -0.2) is 8.42 Å². The number of para-hydroxylation sites is 1. The fraction of sp³-hybridized carbons (Fsp3) is 0.214. The Morgan fingerprint density at radius 2 is 2.10 bits per heavy atom. The molecule has 0 fully saturated rings. The molecular formula is C14H14N2O3S2. The van der Waals surface area contributed by atoms with E-state index in [1.165, 1.54) is 22.8 Å². The molecule has 0 saturated heterocycles. The van der Waals surface area contributed by atoms with Crippen molar-refractivity contribution in [1.82, 2.24) is 5.32 Å². The predicted octanol–water partition coefficient (Wildman–Crippen LogP) is 1.86. The van der Waals surface area contributed by atoms with Gasteiger partial charge in [0.25, 0.3) is 15.9 Å². The van der Waals surface area contributed by atoms with Gasteiger partial charge in [0.2, 0.25) is 0 Å². The van der Waals surface area contributed by atoms with Crippen LogP contribution in [0.2, 0.25) is 0 Å². The number of hydrogen-bond donors (Lipinski definition) is 1. The van der Waals surface area contributed by atoms with Crippen LogP contribution >= 0.6 is 11.3 Å². The van der Waals surface area contributed by atoms with Crippen molar-refractivity contribution in [2.75, 3.05) is 17.9 Å². The molecule has 0 atom stereocenters. The van der Waals surface area contributed by atoms with Crippen LogP contribution in [-0.2, 0) is 16.4 Å². The molecule has 0 radical (unpaired) electrons. The van der Waals surface area contributed by atoms with Crippen molar-refractivity contribution >= 4 is 33.0 Å². The van der Waals surface area contributed by atoms with Gasteiger partial charge >= 0.3 is 0 Å². The maximum absolute atomic E-state index is 12.7. The summed E-state index contributed by atoms with van der Waals surface area (Å²) in [4.78, 5) is 12.1. The Morgan fingerprint density at radius 1 is 1.33 bits per heavy atom. The second kappa shape index (κ2) is 5.16. The molecule has 7 heteroatoms. The molecule has 21 heavy (non-hydrogen) atoms. The lowest BCUT2D eigenvalue weighted by molar-refractivity contribution is 0.0967. The first-order chi connectivity index (χ1) is 10.0. The average molecular weight is 322 g/mol. The molecule has 2 heterocycles. The highest BCUT2D eigenvalue weighted by molar-refractivity contribution is 7.93. The second-order valence-electron chi connectivity index (χ2n) is 4.68. The van der Waals surface area contributed by atoms with Gasteiger partial charge in [0, 0.05) is 19.0 Å². The fourth-order valence-corrected chi connectivity index (χ4v) is 5.09. The smallest absolute Gasteiger partial charge is 0.265 e. The maximum atomic E-state index is 12.7. The first-order valence-corrected chi connectivity index (χ1v) is 8.77. The van der Waals surface area contributed by atoms with Gasteiger partial charge in [-0.1, -0.05) is 18.2 Å². The number of thiophene rings is 1. The molecule has 3 rings (SSSR count). The molecule has 0 unspecified atom stereocenters. The Bertz CT molecular complexity index is 796. The Kier molecular flexibility index (Phi) is 3.46. The third kappa shape index (κ3) is 2.32. The summed E-state index contributed by atoms with van der Waals surface area (Å²) in [6.07, 6.45) is 0.710. The molecule has 1 amide bonds. The van der Waals surface area contributed by atoms with E-state index in [2.05, 4.69) is 5.32 Å². The molecule has 0 spiro atoms. The molecule has 2 aromatic rings. The van der Waals surface area contributed by atoms with Crippen molar-refractivity contribution in [3.05, 3.63) is 46.2 Å². The molecule has 1 aliphatic heterocycles. The lowest BCUT2D eigenvalue weighted by Crippen LogP contribution is -2.28. The molecule has 0 bridgehead atoms. The number of benzene rings is 1. The number of amides is 1. The van der Waals surface area contributed by atoms with Crippen molar-refractivity contribution in [1.29, 1.82) is 0 Å². The first kappa shape index (κ1) is 14.1. The molecule has 110 valence electrons. The van der Waals surface area contributed by atoms with Crippen LogP contribution in [0, 0.1) is 0 Å². The van der Waals surface area contributed by atoms with Crippen LogP contribution < -0.4 is 9.62 Å². The van der Waals surface area contributed by atoms with E-state index < -0.39 is 10.0 Å². The average Bonchev–Trinajstić information content (AvgIpc) is 3.13. The van der Waals surface area contributed by atoms with E-state index in [1.807, 2.05) is 24.3 Å². The van der Waals surface area contributed by atoms with E-state index >= 15 is 0 Å². The van der Waals surface area contributed by atoms with Gasteiger partial charge in [-0.2, -0.15) is 0 Å². The quantitative estimate of drug-likeness (QED) is 0.938. The number of nitrogens with zero attached hydrogens (tertiary/aromatic N) is 1. The van der Waals surface area contributed by atoms with Gasteiger partial charge in [0.05, 0.1) is 15.5 Å². The molecule has 1 aliphatic rings. The van der Waals surface area contributed by atoms with Crippen LogP contribution in [0.1, 0.15) is 15.2 Å². The van der Waals surface area contributed by atoms with Crippen molar-refractivity contribution in [2.24, 2.45) is 0 Å². The lowest BCUT2D eigenvalue weighted by atomic mass is 10.2. The normalized spacial score (nSPS) is 14.0. The Morgan fingerprint density at radius 3 is 2.86 bits per heavy atom. The van der Waals surface area contributed by atoms with E-state index in [0.29, 0.717) is 17.8 Å². The summed E-state index contributed by atoms with van der Waals surface area (Å²) in [5.74, 6) is -0.275. The summed E-state index contributed by atoms with van der Waals surface area (Å²) >= 11 is 1.13. The van der Waals surface area contributed by atoms with E-state index in [-0.39, 0.29) is 10.8 Å². The molecule has 1 N–H and O–H groups in total. The standard InChI is InChI=1S/C14H14N2O3S2/c1-15-14(17)13-8-11(9-20-13)21(18,19)16-7-6-10-4-2-3-5-12(10)16/h2-5,8-9H,6-7H2,1H3,(H,15,17). The van der Waals surface area contributed by atoms with E-state index in [0.717, 1.165) is 22.6 Å². The van der Waals surface area contributed by atoms with Gasteiger partial charge in [0.15, 0.2) is 0 Å². The van der Waals surface area contributed by atoms with Crippen molar-refractivity contribution in [3.8, 4) is 0 Å². The number of rotatable bonds is 3. The minimum atomic E-state index is -3.61. The fourth-order valence-electron chi connectivity index (χ4n) is 2.38. The third-order valence-electron chi connectivity index (χ3n) is 3.46. The Hall–Kier alpha value is -1.86. The van der Waals surface area contributed by atoms with E-state index in [4.69, 9.17) is 0 Å². The number of nitrogens with one attached hydrogen (secondary N) is 1. The van der Waals surface area contributed by atoms with Crippen LogP contribution in [0.15, 0.2) is 40.6 Å². The largest absolute Gasteiger partial charge is 0.354 e. The summed E-state index contributed by atoms with van der Waals surface area (Å²) in [5, 5.41) is 4.01. The maximum Gasteiger partial charge on any atom is 0.265 e. The Labute approximate surface area is 127 Å². The molecule has 0 saturated carbocycles. The van der Waals surface area contributed by atoms with E-state index in [1.54, 1.807) is 0 Å². The molecule has 1 aromatic heterocycles. The predicted molar refractivity (Wildman–Crippen MR) is 82.4 cm³/mol. The van der Waals surface area contributed by atoms with Crippen LogP contribution in [0.3, 0.4) is 0 Å². The second-order valence-corrected chi connectivity index (χ2v) is 7.46. The summed E-state index contributed by atoms with van der Waals surface area (Å²) in [6.45, 7) is 0.437. The highest BCUT2D eigenvalue weighted by Crippen LogP contribution is 2.33. The van der Waals surface area contributed by atoms with Crippen LogP contribution in [0.4, 0.5) is 5.69 Å². The zero-order chi connectivity index (χ0) is 15.0. The van der Waals surface area contributed by atoms with Crippen LogP contribution in [0.5, 0.6) is 0 Å². The topological polar surface area (TPSA) is 66.5 Å². The highest BCUT2D eigenvalue weighted by Gasteiger charge is 2.31. The van der Waals surface area contributed by atoms with Gasteiger partial charge in [-0.05, 0) is 24.1 Å². The summed E-state index contributed by atoms with van der Waals surface area (Å²) in [7, 11) is -2.09. The molecule has 0 aliphatic carbocycles. The number of anilines is 1. The number of carbonyl (C=O) groups is 1. The molecule has 1 aromatic carbocycles. The van der Waals surface area contributed by atoms with Gasteiger partial charge < -0.3 is 5.32 Å². The Balaban J connectivity index is 1.99. The number of fused-ring (bicyclic) bond motifs is 1. The monoisotopic (exact) mass is 322 g/mol. The van der Waals surface area contributed by atoms with Crippen molar-refractivity contribution in [2.45, 2.75) is 11.3 Å². The van der Waals surface area contributed by atoms with Gasteiger partial charge in [-0.3, -0.25) is 9.10 Å². The summed E-state index contributed by atoms with van der Waals surface area (Å²) in [6, 6.07) is 8.92. The zero-order valence-corrected chi connectivity index (χ0v) is 13.0. The molecule has 5 nitrogen and oxygen atoms in total. The number of carbonyl (C=O) groups excluding carboxylic acids is 1. The van der Waals surface area contributed by atoms with Gasteiger partial charge in [0.1, 0.15) is 0 Å². The van der Waals surface area contributed by atoms with E-state index in [9.17, 15) is 13.2 Å². The lowest BCUT2D eigenvalue weighted by Gasteiger charge is -2.18.